The summed E-state index contributed by atoms with van der Waals surface area (Å²) in [6.07, 6.45) is 0. The van der Waals surface area contributed by atoms with Gasteiger partial charge in [0.15, 0.2) is 0 Å². The van der Waals surface area contributed by atoms with Crippen molar-refractivity contribution in [3.05, 3.63) is 102 Å². The molecule has 28 heavy (non-hydrogen) atoms. The molecule has 0 aliphatic heterocycles. The molecule has 138 valence electrons. The van der Waals surface area contributed by atoms with Gasteiger partial charge >= 0.3 is 0 Å². The van der Waals surface area contributed by atoms with Crippen LogP contribution >= 0.6 is 0 Å². The Morgan fingerprint density at radius 3 is 2.04 bits per heavy atom. The van der Waals surface area contributed by atoms with Crippen LogP contribution in [0, 0.1) is 30.6 Å². The van der Waals surface area contributed by atoms with Crippen molar-refractivity contribution in [2.75, 3.05) is 0 Å². The lowest BCUT2D eigenvalue weighted by molar-refractivity contribution is 0.576. The number of hydrogen-bond donors (Lipinski definition) is 1. The second kappa shape index (κ2) is 9.06. The highest BCUT2D eigenvalue weighted by Gasteiger charge is 2.19. The second-order valence-electron chi connectivity index (χ2n) is 6.16. The molecule has 0 heterocycles. The Morgan fingerprint density at radius 1 is 0.786 bits per heavy atom. The molecule has 0 aliphatic carbocycles. The standard InChI is InChI=1S/C24H19NO2S/c1-20-16-18-23(19-17-20)28(26,27)25-24(22-13-6-3-7-14-22)15-9-8-12-21-10-4-2-5-11-21/h2-7,10-11,13-14,16-19,24-25H,1H3/t24-/m1/s1. The smallest absolute Gasteiger partial charge is 0.207 e. The molecule has 3 rings (SSSR count). The molecule has 1 N–H and O–H groups in total. The van der Waals surface area contributed by atoms with Crippen molar-refractivity contribution in [1.82, 2.24) is 4.72 Å². The SMILES string of the molecule is Cc1ccc(S(=O)(=O)N[C@H](C#CC#Cc2ccccc2)c2ccccc2)cc1. The molecule has 1 atom stereocenters. The quantitative estimate of drug-likeness (QED) is 0.688. The fraction of sp³-hybridized carbons (Fsp3) is 0.0833. The molecule has 0 spiro atoms. The Hall–Kier alpha value is -3.31. The van der Waals surface area contributed by atoms with Gasteiger partial charge < -0.3 is 0 Å². The Bertz CT molecular complexity index is 1150. The van der Waals surface area contributed by atoms with Gasteiger partial charge in [-0.1, -0.05) is 78.1 Å². The fourth-order valence-electron chi connectivity index (χ4n) is 2.50. The number of rotatable bonds is 4. The summed E-state index contributed by atoms with van der Waals surface area (Å²) < 4.78 is 28.2. The molecular weight excluding hydrogens is 366 g/mol. The van der Waals surface area contributed by atoms with Gasteiger partial charge in [-0.15, -0.1) is 0 Å². The first-order valence-corrected chi connectivity index (χ1v) is 10.2. The highest BCUT2D eigenvalue weighted by Crippen LogP contribution is 2.17. The van der Waals surface area contributed by atoms with E-state index in [0.717, 1.165) is 16.7 Å². The largest absolute Gasteiger partial charge is 0.241 e. The van der Waals surface area contributed by atoms with E-state index in [4.69, 9.17) is 0 Å². The maximum absolute atomic E-state index is 12.8. The van der Waals surface area contributed by atoms with E-state index in [9.17, 15) is 8.42 Å². The molecule has 0 bridgehead atoms. The van der Waals surface area contributed by atoms with Gasteiger partial charge in [0.2, 0.25) is 10.0 Å². The molecule has 3 aromatic rings. The average molecular weight is 385 g/mol. The van der Waals surface area contributed by atoms with Crippen LogP contribution in [-0.2, 0) is 10.0 Å². The average Bonchev–Trinajstić information content (AvgIpc) is 2.72. The van der Waals surface area contributed by atoms with Gasteiger partial charge in [0.25, 0.3) is 0 Å². The van der Waals surface area contributed by atoms with Crippen LogP contribution in [0.15, 0.2) is 89.8 Å². The van der Waals surface area contributed by atoms with Crippen LogP contribution < -0.4 is 4.72 Å². The fourth-order valence-corrected chi connectivity index (χ4v) is 3.64. The lowest BCUT2D eigenvalue weighted by Crippen LogP contribution is -2.27. The van der Waals surface area contributed by atoms with Gasteiger partial charge in [-0.05, 0) is 48.6 Å². The first-order chi connectivity index (χ1) is 13.5. The molecule has 3 nitrogen and oxygen atoms in total. The van der Waals surface area contributed by atoms with E-state index in [1.807, 2.05) is 67.6 Å². The van der Waals surface area contributed by atoms with E-state index in [1.54, 1.807) is 24.3 Å². The van der Waals surface area contributed by atoms with E-state index in [-0.39, 0.29) is 4.90 Å². The molecule has 0 fully saturated rings. The maximum atomic E-state index is 12.8. The summed E-state index contributed by atoms with van der Waals surface area (Å²) in [5.41, 5.74) is 2.61. The van der Waals surface area contributed by atoms with Crippen molar-refractivity contribution in [2.45, 2.75) is 17.9 Å². The number of nitrogens with one attached hydrogen (secondary N) is 1. The minimum atomic E-state index is -3.71. The van der Waals surface area contributed by atoms with Gasteiger partial charge in [-0.3, -0.25) is 0 Å². The molecule has 0 saturated carbocycles. The highest BCUT2D eigenvalue weighted by molar-refractivity contribution is 7.89. The monoisotopic (exact) mass is 385 g/mol. The van der Waals surface area contributed by atoms with Crippen LogP contribution in [0.5, 0.6) is 0 Å². The van der Waals surface area contributed by atoms with Gasteiger partial charge in [0.05, 0.1) is 4.90 Å². The molecule has 0 aromatic heterocycles. The Labute approximate surface area is 166 Å². The van der Waals surface area contributed by atoms with Crippen LogP contribution in [0.2, 0.25) is 0 Å². The Balaban J connectivity index is 1.88. The normalized spacial score (nSPS) is 11.5. The van der Waals surface area contributed by atoms with E-state index in [2.05, 4.69) is 28.4 Å². The summed E-state index contributed by atoms with van der Waals surface area (Å²) in [5.74, 6) is 11.4. The molecule has 4 heteroatoms. The van der Waals surface area contributed by atoms with Crippen LogP contribution in [0.3, 0.4) is 0 Å². The topological polar surface area (TPSA) is 46.2 Å². The van der Waals surface area contributed by atoms with Crippen molar-refractivity contribution >= 4 is 10.0 Å². The summed E-state index contributed by atoms with van der Waals surface area (Å²) >= 11 is 0. The second-order valence-corrected chi connectivity index (χ2v) is 7.88. The van der Waals surface area contributed by atoms with Gasteiger partial charge in [-0.25, -0.2) is 8.42 Å². The molecule has 0 unspecified atom stereocenters. The Kier molecular flexibility index (Phi) is 6.29. The van der Waals surface area contributed by atoms with Crippen molar-refractivity contribution in [3.63, 3.8) is 0 Å². The van der Waals surface area contributed by atoms with Crippen molar-refractivity contribution < 1.29 is 8.42 Å². The first kappa shape index (κ1) is 19.5. The van der Waals surface area contributed by atoms with E-state index >= 15 is 0 Å². The number of hydrogen-bond acceptors (Lipinski definition) is 2. The van der Waals surface area contributed by atoms with Gasteiger partial charge in [0, 0.05) is 5.56 Å². The minimum Gasteiger partial charge on any atom is -0.207 e. The maximum Gasteiger partial charge on any atom is 0.241 e. The third-order valence-corrected chi connectivity index (χ3v) is 5.44. The summed E-state index contributed by atoms with van der Waals surface area (Å²) in [6.45, 7) is 1.91. The zero-order valence-corrected chi connectivity index (χ0v) is 16.2. The van der Waals surface area contributed by atoms with Crippen molar-refractivity contribution in [1.29, 1.82) is 0 Å². The summed E-state index contributed by atoms with van der Waals surface area (Å²) in [7, 11) is -3.71. The predicted molar refractivity (Wildman–Crippen MR) is 112 cm³/mol. The minimum absolute atomic E-state index is 0.205. The van der Waals surface area contributed by atoms with Gasteiger partial charge in [-0.2, -0.15) is 4.72 Å². The van der Waals surface area contributed by atoms with E-state index in [0.29, 0.717) is 0 Å². The molecule has 3 aromatic carbocycles. The first-order valence-electron chi connectivity index (χ1n) is 8.75. The summed E-state index contributed by atoms with van der Waals surface area (Å²) in [4.78, 5) is 0.205. The molecule has 0 saturated heterocycles. The Morgan fingerprint density at radius 2 is 1.39 bits per heavy atom. The van der Waals surface area contributed by atoms with Crippen molar-refractivity contribution in [3.8, 4) is 23.7 Å². The number of sulfonamides is 1. The lowest BCUT2D eigenvalue weighted by Gasteiger charge is -2.14. The van der Waals surface area contributed by atoms with E-state index in [1.165, 1.54) is 0 Å². The predicted octanol–water partition coefficient (Wildman–Crippen LogP) is 4.07. The lowest BCUT2D eigenvalue weighted by atomic mass is 10.1. The highest BCUT2D eigenvalue weighted by atomic mass is 32.2. The summed E-state index contributed by atoms with van der Waals surface area (Å²) in [6, 6.07) is 24.8. The van der Waals surface area contributed by atoms with Gasteiger partial charge in [0.1, 0.15) is 6.04 Å². The van der Waals surface area contributed by atoms with Crippen LogP contribution in [-0.4, -0.2) is 8.42 Å². The molecule has 0 amide bonds. The van der Waals surface area contributed by atoms with Crippen molar-refractivity contribution in [2.24, 2.45) is 0 Å². The molecule has 0 aliphatic rings. The summed E-state index contributed by atoms with van der Waals surface area (Å²) in [5, 5.41) is 0. The third kappa shape index (κ3) is 5.34. The van der Waals surface area contributed by atoms with Crippen LogP contribution in [0.4, 0.5) is 0 Å². The van der Waals surface area contributed by atoms with Crippen LogP contribution in [0.1, 0.15) is 22.7 Å². The van der Waals surface area contributed by atoms with Crippen LogP contribution in [0.25, 0.3) is 0 Å². The molecular formula is C24H19NO2S. The zero-order valence-electron chi connectivity index (χ0n) is 15.4. The number of aryl methyl sites for hydroxylation is 1. The third-order valence-electron chi connectivity index (χ3n) is 4.00. The number of benzene rings is 3. The molecule has 0 radical (unpaired) electrons. The van der Waals surface area contributed by atoms with E-state index < -0.39 is 16.1 Å². The zero-order chi connectivity index (χ0) is 19.8.